The van der Waals surface area contributed by atoms with Crippen molar-refractivity contribution in [2.24, 2.45) is 0 Å². The van der Waals surface area contributed by atoms with Gasteiger partial charge in [0.1, 0.15) is 0 Å². The fourth-order valence-electron chi connectivity index (χ4n) is 3.78. The summed E-state index contributed by atoms with van der Waals surface area (Å²) < 4.78 is 39.8. The summed E-state index contributed by atoms with van der Waals surface area (Å²) in [6, 6.07) is 13.6. The molecular weight excluding hydrogens is 461 g/mol. The molecule has 1 aliphatic heterocycles. The topological polar surface area (TPSA) is 91.3 Å². The van der Waals surface area contributed by atoms with Crippen molar-refractivity contribution in [3.05, 3.63) is 83.3 Å². The summed E-state index contributed by atoms with van der Waals surface area (Å²) in [5, 5.41) is 10.9. The van der Waals surface area contributed by atoms with E-state index in [2.05, 4.69) is 20.5 Å². The lowest BCUT2D eigenvalue weighted by Gasteiger charge is -2.35. The molecule has 2 aromatic heterocycles. The molecule has 182 valence electrons. The fourth-order valence-corrected chi connectivity index (χ4v) is 3.78. The quantitative estimate of drug-likeness (QED) is 0.579. The van der Waals surface area contributed by atoms with E-state index in [4.69, 9.17) is 0 Å². The summed E-state index contributed by atoms with van der Waals surface area (Å²) in [5.74, 6) is -0.474. The zero-order valence-electron chi connectivity index (χ0n) is 18.7. The number of carbonyl (C=O) groups excluding carboxylic acids is 2. The maximum Gasteiger partial charge on any atom is 0.417 e. The first-order chi connectivity index (χ1) is 16.8. The lowest BCUT2D eigenvalue weighted by molar-refractivity contribution is -0.138. The number of piperazine rings is 1. The van der Waals surface area contributed by atoms with Gasteiger partial charge in [-0.25, -0.2) is 0 Å². The van der Waals surface area contributed by atoms with Crippen molar-refractivity contribution in [3.8, 4) is 0 Å². The average molecular weight is 484 g/mol. The molecule has 2 amide bonds. The van der Waals surface area contributed by atoms with Gasteiger partial charge in [0.15, 0.2) is 11.5 Å². The van der Waals surface area contributed by atoms with Crippen LogP contribution in [0.1, 0.15) is 32.1 Å². The molecule has 1 aromatic carbocycles. The van der Waals surface area contributed by atoms with Crippen LogP contribution in [0.2, 0.25) is 0 Å². The third-order valence-corrected chi connectivity index (χ3v) is 5.63. The predicted octanol–water partition coefficient (Wildman–Crippen LogP) is 2.83. The predicted molar refractivity (Wildman–Crippen MR) is 122 cm³/mol. The van der Waals surface area contributed by atoms with E-state index in [0.717, 1.165) is 11.8 Å². The second-order valence-electron chi connectivity index (χ2n) is 7.93. The largest absolute Gasteiger partial charge is 0.417 e. The van der Waals surface area contributed by atoms with E-state index < -0.39 is 17.6 Å². The van der Waals surface area contributed by atoms with Crippen molar-refractivity contribution in [2.45, 2.75) is 12.6 Å². The molecule has 35 heavy (non-hydrogen) atoms. The lowest BCUT2D eigenvalue weighted by Crippen LogP contribution is -2.49. The molecule has 3 heterocycles. The number of benzene rings is 1. The van der Waals surface area contributed by atoms with Gasteiger partial charge in [0.2, 0.25) is 0 Å². The van der Waals surface area contributed by atoms with Gasteiger partial charge in [-0.15, -0.1) is 10.2 Å². The molecule has 0 aliphatic carbocycles. The maximum atomic E-state index is 13.3. The second kappa shape index (κ2) is 10.5. The van der Waals surface area contributed by atoms with E-state index in [1.54, 1.807) is 18.3 Å². The minimum Gasteiger partial charge on any atom is -0.352 e. The Labute approximate surface area is 199 Å². The molecule has 0 unspecified atom stereocenters. The molecule has 8 nitrogen and oxygen atoms in total. The molecule has 0 radical (unpaired) electrons. The van der Waals surface area contributed by atoms with Crippen LogP contribution in [0.15, 0.2) is 60.8 Å². The monoisotopic (exact) mass is 484 g/mol. The number of anilines is 1. The van der Waals surface area contributed by atoms with Crippen LogP contribution in [0.3, 0.4) is 0 Å². The number of halogens is 3. The Balaban J connectivity index is 1.30. The number of hydrogen-bond donors (Lipinski definition) is 1. The van der Waals surface area contributed by atoms with Gasteiger partial charge in [-0.1, -0.05) is 18.2 Å². The lowest BCUT2D eigenvalue weighted by atomic mass is 10.1. The summed E-state index contributed by atoms with van der Waals surface area (Å²) in [6.45, 7) is 1.64. The number of amides is 2. The highest BCUT2D eigenvalue weighted by atomic mass is 19.4. The van der Waals surface area contributed by atoms with Crippen molar-refractivity contribution in [1.82, 2.24) is 25.4 Å². The van der Waals surface area contributed by atoms with Crippen LogP contribution in [0, 0.1) is 0 Å². The Morgan fingerprint density at radius 1 is 0.914 bits per heavy atom. The van der Waals surface area contributed by atoms with Crippen molar-refractivity contribution < 1.29 is 22.8 Å². The van der Waals surface area contributed by atoms with E-state index in [9.17, 15) is 22.8 Å². The third kappa shape index (κ3) is 5.92. The molecule has 11 heteroatoms. The van der Waals surface area contributed by atoms with Crippen LogP contribution in [0.25, 0.3) is 0 Å². The summed E-state index contributed by atoms with van der Waals surface area (Å²) in [4.78, 5) is 32.5. The maximum absolute atomic E-state index is 13.3. The highest BCUT2D eigenvalue weighted by Gasteiger charge is 2.36. The van der Waals surface area contributed by atoms with Gasteiger partial charge in [0.05, 0.1) is 11.1 Å². The van der Waals surface area contributed by atoms with Crippen LogP contribution >= 0.6 is 0 Å². The summed E-state index contributed by atoms with van der Waals surface area (Å²) in [7, 11) is 0. The number of carbonyl (C=O) groups is 2. The van der Waals surface area contributed by atoms with Crippen molar-refractivity contribution >= 4 is 17.6 Å². The fraction of sp³-hybridized carbons (Fsp3) is 0.292. The SMILES string of the molecule is O=C(NCCc1ccccn1)c1ccc(N2CCN(C(=O)c3ccccc3C(F)(F)F)CC2)nn1. The number of hydrogen-bond acceptors (Lipinski definition) is 6. The van der Waals surface area contributed by atoms with Crippen LogP contribution in [0.4, 0.5) is 19.0 Å². The van der Waals surface area contributed by atoms with Crippen LogP contribution in [-0.4, -0.2) is 64.6 Å². The number of aromatic nitrogens is 3. The number of alkyl halides is 3. The molecule has 1 N–H and O–H groups in total. The Morgan fingerprint density at radius 3 is 2.31 bits per heavy atom. The Kier molecular flexibility index (Phi) is 7.23. The number of nitrogens with one attached hydrogen (secondary N) is 1. The van der Waals surface area contributed by atoms with E-state index in [0.29, 0.717) is 31.9 Å². The highest BCUT2D eigenvalue weighted by Crippen LogP contribution is 2.32. The van der Waals surface area contributed by atoms with Gasteiger partial charge in [-0.3, -0.25) is 14.6 Å². The molecule has 0 spiro atoms. The van der Waals surface area contributed by atoms with E-state index in [-0.39, 0.29) is 30.3 Å². The minimum atomic E-state index is -4.60. The van der Waals surface area contributed by atoms with Crippen molar-refractivity contribution in [3.63, 3.8) is 0 Å². The van der Waals surface area contributed by atoms with Crippen molar-refractivity contribution in [1.29, 1.82) is 0 Å². The third-order valence-electron chi connectivity index (χ3n) is 5.63. The second-order valence-corrected chi connectivity index (χ2v) is 7.93. The van der Waals surface area contributed by atoms with Gasteiger partial charge in [0.25, 0.3) is 11.8 Å². The summed E-state index contributed by atoms with van der Waals surface area (Å²) in [5.41, 5.74) is -0.250. The Morgan fingerprint density at radius 2 is 1.66 bits per heavy atom. The molecule has 1 saturated heterocycles. The Bertz CT molecular complexity index is 1160. The average Bonchev–Trinajstić information content (AvgIpc) is 2.88. The smallest absolute Gasteiger partial charge is 0.352 e. The van der Waals surface area contributed by atoms with E-state index in [1.807, 2.05) is 23.1 Å². The number of rotatable bonds is 6. The van der Waals surface area contributed by atoms with E-state index in [1.165, 1.54) is 23.1 Å². The van der Waals surface area contributed by atoms with Gasteiger partial charge in [-0.05, 0) is 36.4 Å². The van der Waals surface area contributed by atoms with Crippen LogP contribution in [-0.2, 0) is 12.6 Å². The first-order valence-electron chi connectivity index (χ1n) is 11.1. The minimum absolute atomic E-state index is 0.173. The van der Waals surface area contributed by atoms with E-state index >= 15 is 0 Å². The first kappa shape index (κ1) is 24.1. The first-order valence-corrected chi connectivity index (χ1v) is 11.1. The van der Waals surface area contributed by atoms with Crippen molar-refractivity contribution in [2.75, 3.05) is 37.6 Å². The molecule has 1 fully saturated rings. The molecule has 1 aliphatic rings. The standard InChI is InChI=1S/C24H23F3N6O2/c25-24(26,27)19-7-2-1-6-18(19)23(35)33-15-13-32(14-16-33)21-9-8-20(30-31-21)22(34)29-12-10-17-5-3-4-11-28-17/h1-9,11H,10,12-16H2,(H,29,34). The zero-order valence-corrected chi connectivity index (χ0v) is 18.7. The Hall–Kier alpha value is -4.02. The highest BCUT2D eigenvalue weighted by molar-refractivity contribution is 5.96. The summed E-state index contributed by atoms with van der Waals surface area (Å²) >= 11 is 0. The normalized spacial score (nSPS) is 14.0. The number of pyridine rings is 1. The molecule has 0 saturated carbocycles. The number of nitrogens with zero attached hydrogens (tertiary/aromatic N) is 5. The molecule has 0 bridgehead atoms. The van der Waals surface area contributed by atoms with Gasteiger partial charge < -0.3 is 15.1 Å². The molecule has 4 rings (SSSR count). The van der Waals surface area contributed by atoms with Gasteiger partial charge in [-0.2, -0.15) is 13.2 Å². The molecular formula is C24H23F3N6O2. The zero-order chi connectivity index (χ0) is 24.8. The van der Waals surface area contributed by atoms with Gasteiger partial charge in [0, 0.05) is 51.0 Å². The summed E-state index contributed by atoms with van der Waals surface area (Å²) in [6.07, 6.45) is -2.32. The molecule has 0 atom stereocenters. The van der Waals surface area contributed by atoms with Crippen LogP contribution in [0.5, 0.6) is 0 Å². The van der Waals surface area contributed by atoms with Gasteiger partial charge >= 0.3 is 6.18 Å². The molecule has 3 aromatic rings. The van der Waals surface area contributed by atoms with Crippen LogP contribution < -0.4 is 10.2 Å².